The standard InChI is InChI=1S/C16H25NO/c1-12-5-7-15(8-6-12)10-16(18)9-14(3)17(4)11-13(16)2/h5-8,13-14,18H,9-11H2,1-4H3/t13-,14-,16+/m0/s1. The van der Waals surface area contributed by atoms with Gasteiger partial charge in [-0.05, 0) is 38.8 Å². The van der Waals surface area contributed by atoms with Gasteiger partial charge < -0.3 is 10.0 Å². The Morgan fingerprint density at radius 1 is 1.28 bits per heavy atom. The predicted octanol–water partition coefficient (Wildman–Crippen LogP) is 2.63. The third-order valence-corrected chi connectivity index (χ3v) is 4.51. The molecule has 2 nitrogen and oxygen atoms in total. The first-order valence-electron chi connectivity index (χ1n) is 6.89. The summed E-state index contributed by atoms with van der Waals surface area (Å²) in [5.74, 6) is 0.319. The number of hydrogen-bond acceptors (Lipinski definition) is 2. The topological polar surface area (TPSA) is 23.5 Å². The van der Waals surface area contributed by atoms with E-state index in [9.17, 15) is 5.11 Å². The average molecular weight is 247 g/mol. The van der Waals surface area contributed by atoms with E-state index >= 15 is 0 Å². The van der Waals surface area contributed by atoms with E-state index in [1.54, 1.807) is 0 Å². The zero-order valence-corrected chi connectivity index (χ0v) is 12.0. The summed E-state index contributed by atoms with van der Waals surface area (Å²) >= 11 is 0. The van der Waals surface area contributed by atoms with Crippen molar-refractivity contribution in [3.8, 4) is 0 Å². The molecule has 0 radical (unpaired) electrons. The lowest BCUT2D eigenvalue weighted by molar-refractivity contribution is -0.0778. The molecule has 2 rings (SSSR count). The van der Waals surface area contributed by atoms with Gasteiger partial charge >= 0.3 is 0 Å². The molecule has 0 spiro atoms. The molecule has 3 atom stereocenters. The Morgan fingerprint density at radius 2 is 1.89 bits per heavy atom. The van der Waals surface area contributed by atoms with Crippen LogP contribution in [0.15, 0.2) is 24.3 Å². The van der Waals surface area contributed by atoms with Crippen molar-refractivity contribution in [2.75, 3.05) is 13.6 Å². The number of hydrogen-bond donors (Lipinski definition) is 1. The molecule has 100 valence electrons. The normalized spacial score (nSPS) is 33.6. The van der Waals surface area contributed by atoms with E-state index in [0.717, 1.165) is 19.4 Å². The van der Waals surface area contributed by atoms with Crippen LogP contribution in [0.3, 0.4) is 0 Å². The SMILES string of the molecule is Cc1ccc(C[C@]2(O)C[C@H](C)N(C)C[C@@H]2C)cc1. The maximum Gasteiger partial charge on any atom is 0.0740 e. The second-order valence-corrected chi connectivity index (χ2v) is 6.16. The van der Waals surface area contributed by atoms with Crippen molar-refractivity contribution < 1.29 is 5.11 Å². The van der Waals surface area contributed by atoms with Crippen LogP contribution in [0.4, 0.5) is 0 Å². The van der Waals surface area contributed by atoms with E-state index < -0.39 is 5.60 Å². The van der Waals surface area contributed by atoms with Crippen LogP contribution in [0.1, 0.15) is 31.4 Å². The summed E-state index contributed by atoms with van der Waals surface area (Å²) in [6.45, 7) is 7.44. The first kappa shape index (κ1) is 13.6. The number of aliphatic hydroxyl groups is 1. The molecule has 0 saturated carbocycles. The summed E-state index contributed by atoms with van der Waals surface area (Å²) in [5, 5.41) is 10.9. The summed E-state index contributed by atoms with van der Waals surface area (Å²) in [6.07, 6.45) is 1.63. The summed E-state index contributed by atoms with van der Waals surface area (Å²) in [5.41, 5.74) is 1.96. The smallest absolute Gasteiger partial charge is 0.0740 e. The third kappa shape index (κ3) is 2.76. The van der Waals surface area contributed by atoms with E-state index in [1.807, 2.05) is 0 Å². The van der Waals surface area contributed by atoms with Crippen molar-refractivity contribution in [1.82, 2.24) is 4.90 Å². The fraction of sp³-hybridized carbons (Fsp3) is 0.625. The Morgan fingerprint density at radius 3 is 2.50 bits per heavy atom. The predicted molar refractivity (Wildman–Crippen MR) is 75.7 cm³/mol. The lowest BCUT2D eigenvalue weighted by Gasteiger charge is -2.46. The first-order chi connectivity index (χ1) is 8.40. The van der Waals surface area contributed by atoms with Crippen LogP contribution in [-0.2, 0) is 6.42 Å². The number of aryl methyl sites for hydroxylation is 1. The van der Waals surface area contributed by atoms with Crippen LogP contribution in [0, 0.1) is 12.8 Å². The molecule has 1 fully saturated rings. The average Bonchev–Trinajstić information content (AvgIpc) is 2.30. The van der Waals surface area contributed by atoms with Gasteiger partial charge in [-0.2, -0.15) is 0 Å². The second kappa shape index (κ2) is 5.02. The van der Waals surface area contributed by atoms with Gasteiger partial charge in [0, 0.05) is 19.0 Å². The van der Waals surface area contributed by atoms with Crippen LogP contribution in [0.5, 0.6) is 0 Å². The molecule has 1 aliphatic heterocycles. The minimum atomic E-state index is -0.554. The van der Waals surface area contributed by atoms with E-state index in [1.165, 1.54) is 11.1 Å². The van der Waals surface area contributed by atoms with Gasteiger partial charge in [-0.3, -0.25) is 0 Å². The highest BCUT2D eigenvalue weighted by Crippen LogP contribution is 2.33. The molecule has 0 amide bonds. The second-order valence-electron chi connectivity index (χ2n) is 6.16. The maximum atomic E-state index is 10.9. The molecule has 1 heterocycles. The number of rotatable bonds is 2. The van der Waals surface area contributed by atoms with Crippen molar-refractivity contribution >= 4 is 0 Å². The molecule has 0 unspecified atom stereocenters. The molecule has 1 aromatic rings. The minimum Gasteiger partial charge on any atom is -0.389 e. The Hall–Kier alpha value is -0.860. The number of nitrogens with zero attached hydrogens (tertiary/aromatic N) is 1. The quantitative estimate of drug-likeness (QED) is 0.868. The van der Waals surface area contributed by atoms with Crippen molar-refractivity contribution in [1.29, 1.82) is 0 Å². The molecular weight excluding hydrogens is 222 g/mol. The van der Waals surface area contributed by atoms with Crippen LogP contribution in [0.25, 0.3) is 0 Å². The highest BCUT2D eigenvalue weighted by Gasteiger charge is 2.40. The monoisotopic (exact) mass is 247 g/mol. The Kier molecular flexibility index (Phi) is 3.79. The third-order valence-electron chi connectivity index (χ3n) is 4.51. The Bertz CT molecular complexity index is 400. The number of likely N-dealkylation sites (tertiary alicyclic amines) is 1. The van der Waals surface area contributed by atoms with Crippen LogP contribution < -0.4 is 0 Å². The summed E-state index contributed by atoms with van der Waals surface area (Å²) in [6, 6.07) is 8.99. The lowest BCUT2D eigenvalue weighted by atomic mass is 9.75. The first-order valence-corrected chi connectivity index (χ1v) is 6.89. The van der Waals surface area contributed by atoms with Crippen LogP contribution >= 0.6 is 0 Å². The Labute approximate surface area is 111 Å². The van der Waals surface area contributed by atoms with Gasteiger partial charge in [-0.25, -0.2) is 0 Å². The summed E-state index contributed by atoms with van der Waals surface area (Å²) in [4.78, 5) is 2.34. The van der Waals surface area contributed by atoms with Gasteiger partial charge in [0.25, 0.3) is 0 Å². The minimum absolute atomic E-state index is 0.319. The lowest BCUT2D eigenvalue weighted by Crippen LogP contribution is -2.54. The zero-order valence-electron chi connectivity index (χ0n) is 12.0. The zero-order chi connectivity index (χ0) is 13.3. The van der Waals surface area contributed by atoms with Gasteiger partial charge in [0.1, 0.15) is 0 Å². The van der Waals surface area contributed by atoms with Crippen LogP contribution in [0.2, 0.25) is 0 Å². The van der Waals surface area contributed by atoms with Crippen molar-refractivity contribution in [2.45, 2.75) is 45.3 Å². The summed E-state index contributed by atoms with van der Waals surface area (Å²) < 4.78 is 0. The highest BCUT2D eigenvalue weighted by atomic mass is 16.3. The van der Waals surface area contributed by atoms with E-state index in [4.69, 9.17) is 0 Å². The number of piperidine rings is 1. The molecule has 1 aliphatic rings. The fourth-order valence-corrected chi connectivity index (χ4v) is 2.96. The molecular formula is C16H25NO. The molecule has 1 saturated heterocycles. The highest BCUT2D eigenvalue weighted by molar-refractivity contribution is 5.23. The van der Waals surface area contributed by atoms with E-state index in [-0.39, 0.29) is 0 Å². The van der Waals surface area contributed by atoms with Crippen molar-refractivity contribution in [2.24, 2.45) is 5.92 Å². The summed E-state index contributed by atoms with van der Waals surface area (Å²) in [7, 11) is 2.15. The van der Waals surface area contributed by atoms with Gasteiger partial charge in [0.05, 0.1) is 5.60 Å². The van der Waals surface area contributed by atoms with E-state index in [2.05, 4.69) is 57.0 Å². The van der Waals surface area contributed by atoms with Crippen molar-refractivity contribution in [3.05, 3.63) is 35.4 Å². The molecule has 2 heteroatoms. The van der Waals surface area contributed by atoms with Gasteiger partial charge in [0.15, 0.2) is 0 Å². The molecule has 0 aromatic heterocycles. The maximum absolute atomic E-state index is 10.9. The van der Waals surface area contributed by atoms with Gasteiger partial charge in [-0.1, -0.05) is 36.8 Å². The van der Waals surface area contributed by atoms with Gasteiger partial charge in [0.2, 0.25) is 0 Å². The Balaban J connectivity index is 2.13. The molecule has 1 N–H and O–H groups in total. The van der Waals surface area contributed by atoms with E-state index in [0.29, 0.717) is 12.0 Å². The molecule has 1 aromatic carbocycles. The molecule has 0 bridgehead atoms. The van der Waals surface area contributed by atoms with Crippen LogP contribution in [-0.4, -0.2) is 35.2 Å². The van der Waals surface area contributed by atoms with Gasteiger partial charge in [-0.15, -0.1) is 0 Å². The van der Waals surface area contributed by atoms with Crippen molar-refractivity contribution in [3.63, 3.8) is 0 Å². The number of benzene rings is 1. The molecule has 0 aliphatic carbocycles. The molecule has 18 heavy (non-hydrogen) atoms. The fourth-order valence-electron chi connectivity index (χ4n) is 2.96. The largest absolute Gasteiger partial charge is 0.389 e.